The van der Waals surface area contributed by atoms with Crippen LogP contribution >= 0.6 is 23.6 Å². The summed E-state index contributed by atoms with van der Waals surface area (Å²) in [5.74, 6) is -0.508. The summed E-state index contributed by atoms with van der Waals surface area (Å²) in [6, 6.07) is 11.6. The molecular formula is C20H22N2O3S2. The summed E-state index contributed by atoms with van der Waals surface area (Å²) in [7, 11) is 0. The van der Waals surface area contributed by atoms with Gasteiger partial charge >= 0.3 is 0 Å². The number of hydrogen-bond acceptors (Lipinski definition) is 5. The first-order valence-electron chi connectivity index (χ1n) is 8.66. The van der Waals surface area contributed by atoms with Gasteiger partial charge in [-0.3, -0.25) is 14.8 Å². The molecular weight excluding hydrogens is 380 g/mol. The number of hydrogen-bond donors (Lipinski definition) is 3. The van der Waals surface area contributed by atoms with Gasteiger partial charge < -0.3 is 5.32 Å². The fourth-order valence-corrected chi connectivity index (χ4v) is 3.35. The molecule has 3 N–H and O–H groups in total. The van der Waals surface area contributed by atoms with Crippen LogP contribution in [0.4, 0.5) is 0 Å². The average molecular weight is 403 g/mol. The smallest absolute Gasteiger partial charge is 0.252 e. The van der Waals surface area contributed by atoms with Crippen LogP contribution in [0, 0.1) is 0 Å². The molecule has 0 saturated carbocycles. The van der Waals surface area contributed by atoms with Crippen molar-refractivity contribution in [3.05, 3.63) is 57.8 Å². The highest BCUT2D eigenvalue weighted by Gasteiger charge is 2.13. The third-order valence-electron chi connectivity index (χ3n) is 3.91. The van der Waals surface area contributed by atoms with Crippen molar-refractivity contribution in [2.75, 3.05) is 6.54 Å². The summed E-state index contributed by atoms with van der Waals surface area (Å²) in [6.07, 6.45) is 4.39. The molecule has 0 saturated heterocycles. The van der Waals surface area contributed by atoms with E-state index < -0.39 is 0 Å². The Labute approximate surface area is 168 Å². The number of benzene rings is 1. The Kier molecular flexibility index (Phi) is 8.83. The van der Waals surface area contributed by atoms with E-state index in [1.165, 1.54) is 11.3 Å². The van der Waals surface area contributed by atoms with Gasteiger partial charge in [0.2, 0.25) is 5.91 Å². The number of rotatable bonds is 10. The van der Waals surface area contributed by atoms with Crippen LogP contribution in [0.3, 0.4) is 0 Å². The van der Waals surface area contributed by atoms with E-state index in [9.17, 15) is 9.59 Å². The molecule has 7 heteroatoms. The van der Waals surface area contributed by atoms with Gasteiger partial charge in [0.05, 0.1) is 5.57 Å². The third-order valence-corrected chi connectivity index (χ3v) is 5.08. The Morgan fingerprint density at radius 2 is 1.81 bits per heavy atom. The van der Waals surface area contributed by atoms with Crippen molar-refractivity contribution in [3.8, 4) is 0 Å². The first-order chi connectivity index (χ1) is 13.1. The fraction of sp³-hybridized carbons (Fsp3) is 0.250. The van der Waals surface area contributed by atoms with Crippen molar-refractivity contribution < 1.29 is 14.8 Å². The highest BCUT2D eigenvalue weighted by Crippen LogP contribution is 2.23. The quantitative estimate of drug-likeness (QED) is 0.186. The van der Waals surface area contributed by atoms with Gasteiger partial charge in [-0.25, -0.2) is 5.48 Å². The number of unbranched alkanes of at least 4 members (excludes halogenated alkanes) is 2. The van der Waals surface area contributed by atoms with Crippen LogP contribution in [0.5, 0.6) is 0 Å². The minimum atomic E-state index is -0.387. The topological polar surface area (TPSA) is 78.4 Å². The number of nitrogens with one attached hydrogen (secondary N) is 2. The molecule has 0 fully saturated rings. The molecule has 1 heterocycles. The number of thiophene rings is 1. The maximum Gasteiger partial charge on any atom is 0.252 e. The molecule has 0 aliphatic heterocycles. The lowest BCUT2D eigenvalue weighted by molar-refractivity contribution is -0.129. The number of amides is 2. The molecule has 1 aromatic carbocycles. The molecule has 0 unspecified atom stereocenters. The Hall–Kier alpha value is -2.35. The maximum atomic E-state index is 12.7. The molecule has 0 radical (unpaired) electrons. The lowest BCUT2D eigenvalue weighted by Crippen LogP contribution is -2.25. The monoisotopic (exact) mass is 402 g/mol. The summed E-state index contributed by atoms with van der Waals surface area (Å²) < 4.78 is 0. The van der Waals surface area contributed by atoms with Crippen LogP contribution in [0.2, 0.25) is 0 Å². The molecule has 1 aromatic heterocycles. The highest BCUT2D eigenvalue weighted by atomic mass is 32.1. The molecule has 2 rings (SSSR count). The Bertz CT molecular complexity index is 784. The lowest BCUT2D eigenvalue weighted by Gasteiger charge is -2.08. The van der Waals surface area contributed by atoms with Gasteiger partial charge in [-0.05, 0) is 41.5 Å². The van der Waals surface area contributed by atoms with Gasteiger partial charge in [0, 0.05) is 23.2 Å². The van der Waals surface area contributed by atoms with Crippen LogP contribution in [0.1, 0.15) is 41.7 Å². The Morgan fingerprint density at radius 3 is 2.44 bits per heavy atom. The van der Waals surface area contributed by atoms with E-state index in [1.807, 2.05) is 47.9 Å². The largest absolute Gasteiger partial charge is 0.352 e. The van der Waals surface area contributed by atoms with Crippen molar-refractivity contribution >= 4 is 52.4 Å². The molecule has 0 atom stereocenters. The number of thiocarbonyl (C=S) groups is 1. The molecule has 0 aliphatic rings. The van der Waals surface area contributed by atoms with E-state index >= 15 is 0 Å². The molecule has 0 spiro atoms. The van der Waals surface area contributed by atoms with Crippen LogP contribution in [-0.4, -0.2) is 28.9 Å². The molecule has 5 nitrogen and oxygen atoms in total. The van der Waals surface area contributed by atoms with Gasteiger partial charge in [-0.1, -0.05) is 49.0 Å². The van der Waals surface area contributed by atoms with Crippen molar-refractivity contribution in [2.45, 2.75) is 25.7 Å². The zero-order valence-electron chi connectivity index (χ0n) is 14.8. The minimum Gasteiger partial charge on any atom is -0.352 e. The van der Waals surface area contributed by atoms with Gasteiger partial charge in [0.1, 0.15) is 0 Å². The predicted molar refractivity (Wildman–Crippen MR) is 113 cm³/mol. The van der Waals surface area contributed by atoms with Crippen molar-refractivity contribution in [2.24, 2.45) is 0 Å². The molecule has 142 valence electrons. The van der Waals surface area contributed by atoms with E-state index in [-0.39, 0.29) is 18.2 Å². The van der Waals surface area contributed by atoms with E-state index in [2.05, 4.69) is 5.32 Å². The predicted octanol–water partition coefficient (Wildman–Crippen LogP) is 3.82. The zero-order chi connectivity index (χ0) is 19.5. The van der Waals surface area contributed by atoms with Crippen LogP contribution in [-0.2, 0) is 9.59 Å². The standard InChI is InChI=1S/C20H22N2O3S2/c23-19(22-25)6-2-1-3-11-21-20(24)17(18-5-4-12-27-18)13-15-7-9-16(14-26)10-8-15/h4-5,7-10,12-14,25H,1-3,6,11H2,(H,21,24)(H,22,23). The number of hydroxylamine groups is 1. The van der Waals surface area contributed by atoms with Crippen molar-refractivity contribution in [1.29, 1.82) is 0 Å². The molecule has 0 bridgehead atoms. The number of carbonyl (C=O) groups excluding carboxylic acids is 2. The summed E-state index contributed by atoms with van der Waals surface area (Å²) in [6.45, 7) is 0.534. The summed E-state index contributed by atoms with van der Waals surface area (Å²) in [5.41, 5.74) is 4.13. The maximum absolute atomic E-state index is 12.7. The van der Waals surface area contributed by atoms with Gasteiger partial charge in [-0.15, -0.1) is 11.3 Å². The lowest BCUT2D eigenvalue weighted by atomic mass is 10.1. The SMILES string of the molecule is O=C(CCCCCNC(=O)C(=Cc1ccc(C=S)cc1)c1cccs1)NO. The average Bonchev–Trinajstić information content (AvgIpc) is 3.23. The summed E-state index contributed by atoms with van der Waals surface area (Å²) >= 11 is 6.44. The minimum absolute atomic E-state index is 0.121. The van der Waals surface area contributed by atoms with Crippen LogP contribution in [0.15, 0.2) is 41.8 Å². The normalized spacial score (nSPS) is 11.1. The number of carbonyl (C=O) groups is 2. The van der Waals surface area contributed by atoms with E-state index in [1.54, 1.807) is 10.8 Å². The Morgan fingerprint density at radius 1 is 1.07 bits per heavy atom. The fourth-order valence-electron chi connectivity index (χ4n) is 2.46. The Balaban J connectivity index is 1.95. The van der Waals surface area contributed by atoms with Gasteiger partial charge in [0.15, 0.2) is 0 Å². The summed E-state index contributed by atoms with van der Waals surface area (Å²) in [4.78, 5) is 24.5. The van der Waals surface area contributed by atoms with E-state index in [4.69, 9.17) is 17.4 Å². The first kappa shape index (κ1) is 21.0. The van der Waals surface area contributed by atoms with E-state index in [0.717, 1.165) is 28.8 Å². The molecule has 0 aliphatic carbocycles. The van der Waals surface area contributed by atoms with Crippen LogP contribution < -0.4 is 10.8 Å². The van der Waals surface area contributed by atoms with Crippen molar-refractivity contribution in [3.63, 3.8) is 0 Å². The molecule has 27 heavy (non-hydrogen) atoms. The second-order valence-corrected chi connectivity index (χ2v) is 7.10. The second-order valence-electron chi connectivity index (χ2n) is 5.92. The van der Waals surface area contributed by atoms with Crippen LogP contribution in [0.25, 0.3) is 11.6 Å². The molecule has 2 aromatic rings. The highest BCUT2D eigenvalue weighted by molar-refractivity contribution is 7.79. The van der Waals surface area contributed by atoms with Crippen molar-refractivity contribution in [1.82, 2.24) is 10.8 Å². The first-order valence-corrected chi connectivity index (χ1v) is 10.0. The second kappa shape index (κ2) is 11.4. The van der Waals surface area contributed by atoms with Gasteiger partial charge in [0.25, 0.3) is 5.91 Å². The third kappa shape index (κ3) is 7.05. The van der Waals surface area contributed by atoms with Gasteiger partial charge in [-0.2, -0.15) is 0 Å². The van der Waals surface area contributed by atoms with E-state index in [0.29, 0.717) is 18.5 Å². The zero-order valence-corrected chi connectivity index (χ0v) is 16.4. The molecule has 2 amide bonds. The summed E-state index contributed by atoms with van der Waals surface area (Å²) in [5, 5.41) is 14.9.